The molecule has 0 bridgehead atoms. The quantitative estimate of drug-likeness (QED) is 0.674. The van der Waals surface area contributed by atoms with E-state index in [1.165, 1.54) is 39.5 Å². The van der Waals surface area contributed by atoms with E-state index in [2.05, 4.69) is 5.32 Å². The number of sulfonamides is 1. The number of methoxy groups -OCH3 is 2. The van der Waals surface area contributed by atoms with Crippen LogP contribution < -0.4 is 14.8 Å². The van der Waals surface area contributed by atoms with Gasteiger partial charge in [-0.3, -0.25) is 4.79 Å². The molecular formula is C21H28N2O5S. The Hall–Kier alpha value is -2.58. The van der Waals surface area contributed by atoms with Gasteiger partial charge in [0.05, 0.1) is 31.7 Å². The maximum Gasteiger partial charge on any atom is 0.243 e. The van der Waals surface area contributed by atoms with Crippen molar-refractivity contribution in [2.45, 2.75) is 31.2 Å². The van der Waals surface area contributed by atoms with Gasteiger partial charge in [0.15, 0.2) is 11.5 Å². The number of aryl methyl sites for hydroxylation is 1. The lowest BCUT2D eigenvalue weighted by Gasteiger charge is -2.22. The molecule has 0 saturated carbocycles. The Morgan fingerprint density at radius 3 is 2.34 bits per heavy atom. The van der Waals surface area contributed by atoms with Crippen molar-refractivity contribution >= 4 is 15.9 Å². The predicted molar refractivity (Wildman–Crippen MR) is 112 cm³/mol. The van der Waals surface area contributed by atoms with E-state index in [0.717, 1.165) is 15.4 Å². The zero-order chi connectivity index (χ0) is 21.6. The lowest BCUT2D eigenvalue weighted by molar-refractivity contribution is -0.121. The predicted octanol–water partition coefficient (Wildman–Crippen LogP) is 2.90. The first-order valence-electron chi connectivity index (χ1n) is 9.27. The highest BCUT2D eigenvalue weighted by atomic mass is 32.2. The molecule has 1 atom stereocenters. The topological polar surface area (TPSA) is 84.9 Å². The molecule has 8 heteroatoms. The van der Waals surface area contributed by atoms with Crippen LogP contribution in [0.2, 0.25) is 0 Å². The van der Waals surface area contributed by atoms with Gasteiger partial charge < -0.3 is 14.8 Å². The van der Waals surface area contributed by atoms with Crippen LogP contribution in [0.25, 0.3) is 0 Å². The zero-order valence-electron chi connectivity index (χ0n) is 17.4. The van der Waals surface area contributed by atoms with Crippen molar-refractivity contribution in [2.24, 2.45) is 0 Å². The van der Waals surface area contributed by atoms with Crippen LogP contribution in [0.1, 0.15) is 30.5 Å². The van der Waals surface area contributed by atoms with Gasteiger partial charge in [-0.1, -0.05) is 31.2 Å². The average Bonchev–Trinajstić information content (AvgIpc) is 2.71. The molecule has 0 aliphatic heterocycles. The summed E-state index contributed by atoms with van der Waals surface area (Å²) in [5.41, 5.74) is 2.10. The molecule has 2 aromatic carbocycles. The fourth-order valence-corrected chi connectivity index (χ4v) is 4.20. The van der Waals surface area contributed by atoms with Gasteiger partial charge in [-0.05, 0) is 36.6 Å². The summed E-state index contributed by atoms with van der Waals surface area (Å²) in [6, 6.07) is 12.0. The van der Waals surface area contributed by atoms with Crippen molar-refractivity contribution < 1.29 is 22.7 Å². The van der Waals surface area contributed by atoms with E-state index in [9.17, 15) is 13.2 Å². The molecule has 2 rings (SSSR count). The SMILES string of the molecule is CC[C@@H](NC(=O)CN(C)S(=O)(=O)c1ccc(OC)c(OC)c1)c1ccccc1C. The minimum Gasteiger partial charge on any atom is -0.493 e. The third kappa shape index (κ3) is 5.27. The minimum atomic E-state index is -3.87. The van der Waals surface area contributed by atoms with E-state index in [1.807, 2.05) is 38.1 Å². The molecule has 0 heterocycles. The van der Waals surface area contributed by atoms with Gasteiger partial charge in [-0.2, -0.15) is 4.31 Å². The van der Waals surface area contributed by atoms with Gasteiger partial charge in [0, 0.05) is 13.1 Å². The van der Waals surface area contributed by atoms with Crippen LogP contribution in [-0.4, -0.2) is 46.4 Å². The maximum absolute atomic E-state index is 12.9. The number of nitrogens with zero attached hydrogens (tertiary/aromatic N) is 1. The molecule has 29 heavy (non-hydrogen) atoms. The molecule has 0 spiro atoms. The number of ether oxygens (including phenoxy) is 2. The Kier molecular flexibility index (Phi) is 7.64. The van der Waals surface area contributed by atoms with Crippen LogP contribution in [0, 0.1) is 6.92 Å². The number of hydrogen-bond donors (Lipinski definition) is 1. The van der Waals surface area contributed by atoms with Gasteiger partial charge in [-0.15, -0.1) is 0 Å². The van der Waals surface area contributed by atoms with Crippen LogP contribution in [0.5, 0.6) is 11.5 Å². The van der Waals surface area contributed by atoms with Crippen molar-refractivity contribution in [3.8, 4) is 11.5 Å². The van der Waals surface area contributed by atoms with Crippen molar-refractivity contribution in [1.29, 1.82) is 0 Å². The Balaban J connectivity index is 2.14. The second-order valence-electron chi connectivity index (χ2n) is 6.66. The van der Waals surface area contributed by atoms with E-state index in [4.69, 9.17) is 9.47 Å². The van der Waals surface area contributed by atoms with Crippen LogP contribution >= 0.6 is 0 Å². The molecule has 0 radical (unpaired) electrons. The fraction of sp³-hybridized carbons (Fsp3) is 0.381. The summed E-state index contributed by atoms with van der Waals surface area (Å²) in [7, 11) is 0.411. The number of amides is 1. The average molecular weight is 421 g/mol. The Bertz CT molecular complexity index is 959. The second-order valence-corrected chi connectivity index (χ2v) is 8.71. The monoisotopic (exact) mass is 420 g/mol. The molecule has 0 unspecified atom stereocenters. The smallest absolute Gasteiger partial charge is 0.243 e. The van der Waals surface area contributed by atoms with Crippen LogP contribution in [0.15, 0.2) is 47.4 Å². The molecule has 1 N–H and O–H groups in total. The first-order chi connectivity index (χ1) is 13.7. The Morgan fingerprint density at radius 2 is 1.76 bits per heavy atom. The number of carbonyl (C=O) groups is 1. The lowest BCUT2D eigenvalue weighted by atomic mass is 9.99. The molecule has 0 aliphatic rings. The van der Waals surface area contributed by atoms with E-state index in [0.29, 0.717) is 17.9 Å². The van der Waals surface area contributed by atoms with E-state index >= 15 is 0 Å². The highest BCUT2D eigenvalue weighted by Gasteiger charge is 2.25. The normalized spacial score (nSPS) is 12.5. The lowest BCUT2D eigenvalue weighted by Crippen LogP contribution is -2.39. The fourth-order valence-electron chi connectivity index (χ4n) is 3.06. The number of carbonyl (C=O) groups excluding carboxylic acids is 1. The summed E-state index contributed by atoms with van der Waals surface area (Å²) >= 11 is 0. The number of benzene rings is 2. The third-order valence-electron chi connectivity index (χ3n) is 4.74. The molecule has 0 saturated heterocycles. The van der Waals surface area contributed by atoms with Crippen LogP contribution in [0.4, 0.5) is 0 Å². The van der Waals surface area contributed by atoms with Crippen molar-refractivity contribution in [3.05, 3.63) is 53.6 Å². The molecule has 7 nitrogen and oxygen atoms in total. The van der Waals surface area contributed by atoms with Gasteiger partial charge in [0.1, 0.15) is 0 Å². The summed E-state index contributed by atoms with van der Waals surface area (Å²) in [6.07, 6.45) is 0.697. The number of rotatable bonds is 9. The minimum absolute atomic E-state index is 0.0244. The highest BCUT2D eigenvalue weighted by Crippen LogP contribution is 2.30. The van der Waals surface area contributed by atoms with Gasteiger partial charge >= 0.3 is 0 Å². The summed E-state index contributed by atoms with van der Waals surface area (Å²) in [4.78, 5) is 12.6. The summed E-state index contributed by atoms with van der Waals surface area (Å²) in [5.74, 6) is 0.361. The Morgan fingerprint density at radius 1 is 1.10 bits per heavy atom. The zero-order valence-corrected chi connectivity index (χ0v) is 18.2. The van der Waals surface area contributed by atoms with E-state index in [-0.39, 0.29) is 23.4 Å². The number of hydrogen-bond acceptors (Lipinski definition) is 5. The molecular weight excluding hydrogens is 392 g/mol. The van der Waals surface area contributed by atoms with Crippen molar-refractivity contribution in [1.82, 2.24) is 9.62 Å². The standard InChI is InChI=1S/C21H28N2O5S/c1-6-18(17-10-8-7-9-15(17)2)22-21(24)14-23(3)29(25,26)16-11-12-19(27-4)20(13-16)28-5/h7-13,18H,6,14H2,1-5H3,(H,22,24)/t18-/m1/s1. The maximum atomic E-state index is 12.9. The van der Waals surface area contributed by atoms with Crippen molar-refractivity contribution in [2.75, 3.05) is 27.8 Å². The number of nitrogens with one attached hydrogen (secondary N) is 1. The Labute approximate surface area is 172 Å². The first-order valence-corrected chi connectivity index (χ1v) is 10.7. The molecule has 158 valence electrons. The van der Waals surface area contributed by atoms with Crippen LogP contribution in [-0.2, 0) is 14.8 Å². The highest BCUT2D eigenvalue weighted by molar-refractivity contribution is 7.89. The summed E-state index contributed by atoms with van der Waals surface area (Å²) in [5, 5.41) is 2.93. The molecule has 0 fully saturated rings. The summed E-state index contributed by atoms with van der Waals surface area (Å²) < 4.78 is 37.1. The van der Waals surface area contributed by atoms with Gasteiger partial charge in [0.2, 0.25) is 15.9 Å². The first kappa shape index (κ1) is 22.7. The second kappa shape index (κ2) is 9.76. The number of likely N-dealkylation sites (N-methyl/N-ethyl adjacent to an activating group) is 1. The summed E-state index contributed by atoms with van der Waals surface area (Å²) in [6.45, 7) is 3.67. The van der Waals surface area contributed by atoms with Gasteiger partial charge in [0.25, 0.3) is 0 Å². The van der Waals surface area contributed by atoms with E-state index < -0.39 is 10.0 Å². The third-order valence-corrected chi connectivity index (χ3v) is 6.54. The van der Waals surface area contributed by atoms with Gasteiger partial charge in [-0.25, -0.2) is 8.42 Å². The molecule has 2 aromatic rings. The van der Waals surface area contributed by atoms with Crippen molar-refractivity contribution in [3.63, 3.8) is 0 Å². The largest absolute Gasteiger partial charge is 0.493 e. The molecule has 0 aliphatic carbocycles. The van der Waals surface area contributed by atoms with Crippen LogP contribution in [0.3, 0.4) is 0 Å². The van der Waals surface area contributed by atoms with E-state index in [1.54, 1.807) is 0 Å². The molecule has 1 amide bonds. The molecule has 0 aromatic heterocycles.